The Morgan fingerprint density at radius 1 is 0.371 bits per heavy atom. The molecular weight excluding hydrogens is 759 g/mol. The fourth-order valence-electron chi connectivity index (χ4n) is 9.51. The van der Waals surface area contributed by atoms with Gasteiger partial charge in [-0.25, -0.2) is 15.0 Å². The molecule has 3 heterocycles. The highest BCUT2D eigenvalue weighted by Crippen LogP contribution is 2.42. The number of hydrogen-bond acceptors (Lipinski definition) is 5. The van der Waals surface area contributed by atoms with Gasteiger partial charge in [0.15, 0.2) is 17.5 Å². The van der Waals surface area contributed by atoms with Gasteiger partial charge in [0.2, 0.25) is 0 Å². The first-order valence-electron chi connectivity index (χ1n) is 21.1. The average molecular weight is 794 g/mol. The Bertz CT molecular complexity index is 3890. The highest BCUT2D eigenvalue weighted by atomic mass is 16.3. The summed E-state index contributed by atoms with van der Waals surface area (Å²) in [6.45, 7) is 0. The first kappa shape index (κ1) is 34.7. The lowest BCUT2D eigenvalue weighted by Crippen LogP contribution is -2.03. The molecule has 0 fully saturated rings. The molecule has 1 aliphatic carbocycles. The lowest BCUT2D eigenvalue weighted by Gasteiger charge is -2.12. The largest absolute Gasteiger partial charge is 0.456 e. The van der Waals surface area contributed by atoms with Gasteiger partial charge in [-0.05, 0) is 134 Å². The second kappa shape index (κ2) is 13.7. The fraction of sp³-hybridized carbons (Fsp3) is 0.0351. The Morgan fingerprint density at radius 2 is 0.984 bits per heavy atom. The molecular formula is C57H35N3O2. The Labute approximate surface area is 355 Å². The summed E-state index contributed by atoms with van der Waals surface area (Å²) < 4.78 is 12.7. The Kier molecular flexibility index (Phi) is 7.66. The number of benzene rings is 9. The summed E-state index contributed by atoms with van der Waals surface area (Å²) >= 11 is 0. The third-order valence-electron chi connectivity index (χ3n) is 12.6. The van der Waals surface area contributed by atoms with Gasteiger partial charge >= 0.3 is 0 Å². The molecule has 0 amide bonds. The van der Waals surface area contributed by atoms with Crippen molar-refractivity contribution in [1.29, 1.82) is 0 Å². The van der Waals surface area contributed by atoms with Gasteiger partial charge in [-0.2, -0.15) is 0 Å². The van der Waals surface area contributed by atoms with Gasteiger partial charge in [0, 0.05) is 32.7 Å². The average Bonchev–Trinajstić information content (AvgIpc) is 3.91. The van der Waals surface area contributed by atoms with Crippen LogP contribution in [-0.4, -0.2) is 15.0 Å². The van der Waals surface area contributed by atoms with Gasteiger partial charge in [0.25, 0.3) is 0 Å². The summed E-state index contributed by atoms with van der Waals surface area (Å²) in [6, 6.07) is 60.2. The third kappa shape index (κ3) is 5.59. The Hall–Kier alpha value is -8.15. The van der Waals surface area contributed by atoms with Gasteiger partial charge in [-0.3, -0.25) is 0 Å². The summed E-state index contributed by atoms with van der Waals surface area (Å²) in [7, 11) is 0. The summed E-state index contributed by atoms with van der Waals surface area (Å²) in [5, 5.41) is 11.5. The summed E-state index contributed by atoms with van der Waals surface area (Å²) in [5.74, 6) is 1.98. The molecule has 0 unspecified atom stereocenters. The van der Waals surface area contributed by atoms with Crippen LogP contribution in [0.4, 0.5) is 0 Å². The fourth-order valence-corrected chi connectivity index (χ4v) is 9.51. The highest BCUT2D eigenvalue weighted by Gasteiger charge is 2.19. The van der Waals surface area contributed by atoms with E-state index in [1.54, 1.807) is 0 Å². The van der Waals surface area contributed by atoms with Crippen LogP contribution in [0.3, 0.4) is 0 Å². The molecule has 5 heteroatoms. The van der Waals surface area contributed by atoms with E-state index in [1.165, 1.54) is 27.1 Å². The lowest BCUT2D eigenvalue weighted by molar-refractivity contribution is 0.668. The molecule has 1 aliphatic rings. The maximum atomic E-state index is 6.54. The van der Waals surface area contributed by atoms with Gasteiger partial charge in [-0.1, -0.05) is 127 Å². The number of para-hydroxylation sites is 1. The SMILES string of the molecule is C1=CCCC(c2nc(-c3ccc4ccc(-c5cccc6oc7ccc(-c8cc9ccccc9c9ccccc89)cc7c56)cc4c3)nc(-c3ccc4oc5ccccc5c4c3)n2)=C1. The van der Waals surface area contributed by atoms with Crippen molar-refractivity contribution >= 4 is 81.8 Å². The summed E-state index contributed by atoms with van der Waals surface area (Å²) in [5.41, 5.74) is 11.0. The van der Waals surface area contributed by atoms with Crippen LogP contribution in [0.5, 0.6) is 0 Å². The quantitative estimate of drug-likeness (QED) is 0.162. The molecule has 5 nitrogen and oxygen atoms in total. The number of rotatable bonds is 5. The molecule has 13 rings (SSSR count). The predicted molar refractivity (Wildman–Crippen MR) is 255 cm³/mol. The predicted octanol–water partition coefficient (Wildman–Crippen LogP) is 15.5. The van der Waals surface area contributed by atoms with Crippen LogP contribution in [-0.2, 0) is 0 Å². The number of allylic oxidation sites excluding steroid dienone is 4. The Morgan fingerprint density at radius 3 is 1.84 bits per heavy atom. The maximum Gasteiger partial charge on any atom is 0.164 e. The van der Waals surface area contributed by atoms with Crippen molar-refractivity contribution in [2.75, 3.05) is 0 Å². The normalized spacial score (nSPS) is 13.1. The molecule has 12 aromatic rings. The number of aromatic nitrogens is 3. The summed E-state index contributed by atoms with van der Waals surface area (Å²) in [6.07, 6.45) is 8.23. The number of nitrogens with zero attached hydrogens (tertiary/aromatic N) is 3. The highest BCUT2D eigenvalue weighted by molar-refractivity contribution is 6.17. The lowest BCUT2D eigenvalue weighted by atomic mass is 9.92. The van der Waals surface area contributed by atoms with Crippen LogP contribution in [0.15, 0.2) is 197 Å². The Balaban J connectivity index is 0.942. The molecule has 3 aromatic heterocycles. The van der Waals surface area contributed by atoms with E-state index in [4.69, 9.17) is 23.8 Å². The van der Waals surface area contributed by atoms with Gasteiger partial charge in [0.1, 0.15) is 22.3 Å². The number of hydrogen-bond donors (Lipinski definition) is 0. The van der Waals surface area contributed by atoms with E-state index in [0.29, 0.717) is 17.5 Å². The van der Waals surface area contributed by atoms with E-state index in [0.717, 1.165) is 101 Å². The van der Waals surface area contributed by atoms with Crippen molar-refractivity contribution < 1.29 is 8.83 Å². The molecule has 0 aliphatic heterocycles. The minimum Gasteiger partial charge on any atom is -0.456 e. The molecule has 0 saturated heterocycles. The van der Waals surface area contributed by atoms with E-state index in [-0.39, 0.29) is 0 Å². The molecule has 0 radical (unpaired) electrons. The van der Waals surface area contributed by atoms with Crippen LogP contribution in [0.2, 0.25) is 0 Å². The van der Waals surface area contributed by atoms with E-state index in [9.17, 15) is 0 Å². The second-order valence-electron chi connectivity index (χ2n) is 16.2. The van der Waals surface area contributed by atoms with Crippen LogP contribution < -0.4 is 0 Å². The molecule has 62 heavy (non-hydrogen) atoms. The van der Waals surface area contributed by atoms with Crippen LogP contribution in [0, 0.1) is 0 Å². The van der Waals surface area contributed by atoms with Gasteiger partial charge in [-0.15, -0.1) is 0 Å². The van der Waals surface area contributed by atoms with Crippen molar-refractivity contribution in [2.45, 2.75) is 12.8 Å². The molecule has 0 saturated carbocycles. The van der Waals surface area contributed by atoms with Crippen LogP contribution in [0.1, 0.15) is 18.7 Å². The van der Waals surface area contributed by atoms with Crippen LogP contribution in [0.25, 0.3) is 127 Å². The summed E-state index contributed by atoms with van der Waals surface area (Å²) in [4.78, 5) is 15.4. The zero-order valence-electron chi connectivity index (χ0n) is 33.5. The van der Waals surface area contributed by atoms with Crippen LogP contribution >= 0.6 is 0 Å². The van der Waals surface area contributed by atoms with E-state index in [2.05, 4.69) is 158 Å². The minimum atomic E-state index is 0.635. The smallest absolute Gasteiger partial charge is 0.164 e. The van der Waals surface area contributed by atoms with Gasteiger partial charge < -0.3 is 8.83 Å². The third-order valence-corrected chi connectivity index (χ3v) is 12.6. The van der Waals surface area contributed by atoms with E-state index >= 15 is 0 Å². The topological polar surface area (TPSA) is 65.0 Å². The standard InChI is InChI=1S/C57H35N3O2/c1-2-11-35(12-3-1)55-58-56(60-57(59-55)40-26-28-51-48(33-40)46-17-8-9-19-50(46)61-51)39-24-22-34-21-23-37(29-41(34)30-39)43-18-10-20-53-54(43)49-32-38(25-27-52(49)62-53)47-31-36-13-4-5-14-42(36)44-15-6-7-16-45(44)47/h1-2,4-11,13-33H,3,12H2. The zero-order chi connectivity index (χ0) is 40.7. The molecule has 0 N–H and O–H groups in total. The van der Waals surface area contributed by atoms with Crippen molar-refractivity contribution in [2.24, 2.45) is 0 Å². The first-order chi connectivity index (χ1) is 30.7. The molecule has 0 bridgehead atoms. The molecule has 0 atom stereocenters. The second-order valence-corrected chi connectivity index (χ2v) is 16.2. The minimum absolute atomic E-state index is 0.635. The van der Waals surface area contributed by atoms with Crippen molar-refractivity contribution in [3.8, 4) is 45.0 Å². The number of furan rings is 2. The molecule has 290 valence electrons. The first-order valence-corrected chi connectivity index (χ1v) is 21.1. The number of fused-ring (bicyclic) bond motifs is 10. The monoisotopic (exact) mass is 793 g/mol. The molecule has 0 spiro atoms. The van der Waals surface area contributed by atoms with Crippen molar-refractivity contribution in [1.82, 2.24) is 15.0 Å². The van der Waals surface area contributed by atoms with Crippen molar-refractivity contribution in [3.63, 3.8) is 0 Å². The zero-order valence-corrected chi connectivity index (χ0v) is 33.5. The van der Waals surface area contributed by atoms with E-state index in [1.807, 2.05) is 30.3 Å². The van der Waals surface area contributed by atoms with Gasteiger partial charge in [0.05, 0.1) is 0 Å². The molecule has 9 aromatic carbocycles. The maximum absolute atomic E-state index is 6.54. The van der Waals surface area contributed by atoms with E-state index < -0.39 is 0 Å². The van der Waals surface area contributed by atoms with Crippen molar-refractivity contribution in [3.05, 3.63) is 194 Å².